The summed E-state index contributed by atoms with van der Waals surface area (Å²) in [6.45, 7) is 7.68. The predicted octanol–water partition coefficient (Wildman–Crippen LogP) is 4.94. The molecule has 7 heteroatoms. The number of benzene rings is 2. The van der Waals surface area contributed by atoms with Gasteiger partial charge in [-0.1, -0.05) is 54.6 Å². The standard InChI is InChI=1S/C28H38N3O4/c1-28(2,3)35-27(33)30(4)19-22-14-12-21(13-15-22)16-17-31(5,6)20-24-18-29-26(34-24)25(32)23-10-8-7-9-11-23/h7-15,18,25,32H,16-17,19-20H2,1-6H3/q+1/t25-/m1/s1. The van der Waals surface area contributed by atoms with E-state index >= 15 is 0 Å². The summed E-state index contributed by atoms with van der Waals surface area (Å²) in [5.74, 6) is 1.07. The third kappa shape index (κ3) is 8.23. The second-order valence-corrected chi connectivity index (χ2v) is 10.7. The Morgan fingerprint density at radius 2 is 1.71 bits per heavy atom. The average Bonchev–Trinajstić information content (AvgIpc) is 3.25. The molecule has 1 N–H and O–H groups in total. The van der Waals surface area contributed by atoms with E-state index in [1.165, 1.54) is 5.56 Å². The fourth-order valence-electron chi connectivity index (χ4n) is 3.72. The van der Waals surface area contributed by atoms with Crippen molar-refractivity contribution in [3.8, 4) is 0 Å². The molecule has 0 bridgehead atoms. The van der Waals surface area contributed by atoms with Gasteiger partial charge < -0.3 is 23.6 Å². The third-order valence-corrected chi connectivity index (χ3v) is 5.66. The van der Waals surface area contributed by atoms with E-state index in [4.69, 9.17) is 9.15 Å². The lowest BCUT2D eigenvalue weighted by Crippen LogP contribution is -2.40. The van der Waals surface area contributed by atoms with E-state index < -0.39 is 11.7 Å². The number of aliphatic hydroxyl groups excluding tert-OH is 1. The molecule has 188 valence electrons. The van der Waals surface area contributed by atoms with Crippen LogP contribution in [0.3, 0.4) is 0 Å². The molecule has 0 aliphatic heterocycles. The Hall–Kier alpha value is -3.16. The number of carbonyl (C=O) groups is 1. The predicted molar refractivity (Wildman–Crippen MR) is 136 cm³/mol. The minimum atomic E-state index is -0.867. The number of hydrogen-bond donors (Lipinski definition) is 1. The molecule has 0 saturated carbocycles. The van der Waals surface area contributed by atoms with Gasteiger partial charge in [0.15, 0.2) is 11.9 Å². The van der Waals surface area contributed by atoms with Gasteiger partial charge in [-0.3, -0.25) is 0 Å². The first-order chi connectivity index (χ1) is 16.4. The number of amides is 1. The number of carbonyl (C=O) groups excluding carboxylic acids is 1. The van der Waals surface area contributed by atoms with Crippen LogP contribution in [0.4, 0.5) is 4.79 Å². The largest absolute Gasteiger partial charge is 0.444 e. The normalized spacial score (nSPS) is 12.9. The van der Waals surface area contributed by atoms with Gasteiger partial charge in [0.05, 0.1) is 26.8 Å². The van der Waals surface area contributed by atoms with Crippen molar-refractivity contribution in [2.75, 3.05) is 27.7 Å². The number of hydrogen-bond acceptors (Lipinski definition) is 5. The Labute approximate surface area is 208 Å². The SMILES string of the molecule is CN(Cc1ccc(CC[N+](C)(C)Cc2cnc([C@H](O)c3ccccc3)o2)cc1)C(=O)OC(C)(C)C. The van der Waals surface area contributed by atoms with Crippen molar-refractivity contribution in [3.05, 3.63) is 89.1 Å². The molecule has 0 spiro atoms. The molecule has 3 rings (SSSR count). The van der Waals surface area contributed by atoms with E-state index in [2.05, 4.69) is 43.3 Å². The zero-order valence-corrected chi connectivity index (χ0v) is 21.7. The summed E-state index contributed by atoms with van der Waals surface area (Å²) in [4.78, 5) is 18.1. The van der Waals surface area contributed by atoms with Crippen molar-refractivity contribution >= 4 is 6.09 Å². The van der Waals surface area contributed by atoms with Crippen LogP contribution < -0.4 is 0 Å². The lowest BCUT2D eigenvalue weighted by Gasteiger charge is -2.28. The van der Waals surface area contributed by atoms with Crippen molar-refractivity contribution in [2.24, 2.45) is 0 Å². The highest BCUT2D eigenvalue weighted by atomic mass is 16.6. The molecule has 0 fully saturated rings. The van der Waals surface area contributed by atoms with Gasteiger partial charge in [0.2, 0.25) is 5.89 Å². The molecule has 0 saturated heterocycles. The number of aromatic nitrogens is 1. The van der Waals surface area contributed by atoms with E-state index in [9.17, 15) is 9.90 Å². The highest BCUT2D eigenvalue weighted by Crippen LogP contribution is 2.23. The van der Waals surface area contributed by atoms with Crippen LogP contribution in [0.25, 0.3) is 0 Å². The van der Waals surface area contributed by atoms with Gasteiger partial charge in [0.1, 0.15) is 12.1 Å². The highest BCUT2D eigenvalue weighted by molar-refractivity contribution is 5.67. The Kier molecular flexibility index (Phi) is 8.35. The van der Waals surface area contributed by atoms with Crippen molar-refractivity contribution in [1.82, 2.24) is 9.88 Å². The second kappa shape index (κ2) is 11.1. The topological polar surface area (TPSA) is 75.8 Å². The van der Waals surface area contributed by atoms with Crippen LogP contribution in [0, 0.1) is 0 Å². The number of nitrogens with zero attached hydrogens (tertiary/aromatic N) is 3. The number of rotatable bonds is 9. The van der Waals surface area contributed by atoms with Crippen LogP contribution in [0.1, 0.15) is 55.2 Å². The molecule has 1 amide bonds. The van der Waals surface area contributed by atoms with Gasteiger partial charge in [-0.25, -0.2) is 9.78 Å². The highest BCUT2D eigenvalue weighted by Gasteiger charge is 2.22. The summed E-state index contributed by atoms with van der Waals surface area (Å²) >= 11 is 0. The van der Waals surface area contributed by atoms with E-state index in [-0.39, 0.29) is 6.09 Å². The van der Waals surface area contributed by atoms with Gasteiger partial charge in [0, 0.05) is 20.0 Å². The summed E-state index contributed by atoms with van der Waals surface area (Å²) in [6, 6.07) is 17.7. The number of aliphatic hydroxyl groups is 1. The first kappa shape index (κ1) is 26.4. The first-order valence-electron chi connectivity index (χ1n) is 11.9. The van der Waals surface area contributed by atoms with Crippen molar-refractivity contribution in [2.45, 2.75) is 52.0 Å². The number of oxazole rings is 1. The molecule has 0 radical (unpaired) electrons. The summed E-state index contributed by atoms with van der Waals surface area (Å²) in [7, 11) is 6.05. The smallest absolute Gasteiger partial charge is 0.410 e. The number of quaternary nitrogens is 1. The average molecular weight is 481 g/mol. The molecule has 0 aliphatic rings. The fourth-order valence-corrected chi connectivity index (χ4v) is 3.72. The molecular weight excluding hydrogens is 442 g/mol. The van der Waals surface area contributed by atoms with E-state index in [0.717, 1.165) is 34.3 Å². The summed E-state index contributed by atoms with van der Waals surface area (Å²) < 4.78 is 12.0. The maximum absolute atomic E-state index is 12.2. The minimum absolute atomic E-state index is 0.318. The number of likely N-dealkylation sites (N-methyl/N-ethyl adjacent to an activating group) is 1. The maximum Gasteiger partial charge on any atom is 0.410 e. The Balaban J connectivity index is 1.51. The van der Waals surface area contributed by atoms with Gasteiger partial charge in [0.25, 0.3) is 0 Å². The van der Waals surface area contributed by atoms with Gasteiger partial charge in [-0.2, -0.15) is 0 Å². The fraction of sp³-hybridized carbons (Fsp3) is 0.429. The van der Waals surface area contributed by atoms with Crippen molar-refractivity contribution < 1.29 is 23.5 Å². The Morgan fingerprint density at radius 1 is 1.09 bits per heavy atom. The monoisotopic (exact) mass is 480 g/mol. The van der Waals surface area contributed by atoms with Crippen LogP contribution >= 0.6 is 0 Å². The minimum Gasteiger partial charge on any atom is -0.444 e. The number of ether oxygens (including phenoxy) is 1. The van der Waals surface area contributed by atoms with Crippen molar-refractivity contribution in [3.63, 3.8) is 0 Å². The van der Waals surface area contributed by atoms with Crippen LogP contribution in [0.15, 0.2) is 65.2 Å². The van der Waals surface area contributed by atoms with E-state index in [1.54, 1.807) is 18.1 Å². The maximum atomic E-state index is 12.2. The molecule has 35 heavy (non-hydrogen) atoms. The summed E-state index contributed by atoms with van der Waals surface area (Å²) in [5, 5.41) is 10.5. The van der Waals surface area contributed by atoms with Crippen LogP contribution in [0.5, 0.6) is 0 Å². The summed E-state index contributed by atoms with van der Waals surface area (Å²) in [5.41, 5.74) is 2.55. The van der Waals surface area contributed by atoms with E-state index in [1.807, 2.05) is 51.1 Å². The van der Waals surface area contributed by atoms with E-state index in [0.29, 0.717) is 19.0 Å². The molecule has 2 aromatic carbocycles. The Bertz CT molecular complexity index is 1090. The molecular formula is C28H38N3O4+. The zero-order chi connectivity index (χ0) is 25.6. The zero-order valence-electron chi connectivity index (χ0n) is 21.7. The van der Waals surface area contributed by atoms with Crippen LogP contribution in [-0.2, 0) is 24.2 Å². The molecule has 7 nitrogen and oxygen atoms in total. The first-order valence-corrected chi connectivity index (χ1v) is 11.9. The quantitative estimate of drug-likeness (QED) is 0.439. The summed E-state index contributed by atoms with van der Waals surface area (Å²) in [6.07, 6.45) is 1.42. The Morgan fingerprint density at radius 3 is 2.34 bits per heavy atom. The van der Waals surface area contributed by atoms with Gasteiger partial charge >= 0.3 is 6.09 Å². The lowest BCUT2D eigenvalue weighted by atomic mass is 10.1. The molecule has 1 heterocycles. The molecule has 3 aromatic rings. The molecule has 1 atom stereocenters. The van der Waals surface area contributed by atoms with Crippen molar-refractivity contribution in [1.29, 1.82) is 0 Å². The molecule has 0 aliphatic carbocycles. The van der Waals surface area contributed by atoms with Crippen LogP contribution in [0.2, 0.25) is 0 Å². The van der Waals surface area contributed by atoms with Gasteiger partial charge in [-0.05, 0) is 37.5 Å². The van der Waals surface area contributed by atoms with Crippen LogP contribution in [-0.4, -0.2) is 58.9 Å². The third-order valence-electron chi connectivity index (χ3n) is 5.66. The second-order valence-electron chi connectivity index (χ2n) is 10.7. The molecule has 0 unspecified atom stereocenters. The van der Waals surface area contributed by atoms with Gasteiger partial charge in [-0.15, -0.1) is 0 Å². The molecule has 1 aromatic heterocycles. The lowest BCUT2D eigenvalue weighted by molar-refractivity contribution is -0.904.